The average molecular weight is 418 g/mol. The molecule has 3 rings (SSSR count). The highest BCUT2D eigenvalue weighted by Gasteiger charge is 2.28. The highest BCUT2D eigenvalue weighted by molar-refractivity contribution is 5.68. The fourth-order valence-corrected chi connectivity index (χ4v) is 3.51. The number of amides is 1. The van der Waals surface area contributed by atoms with E-state index in [0.717, 1.165) is 30.4 Å². The molecular weight excluding hydrogens is 385 g/mol. The van der Waals surface area contributed by atoms with Gasteiger partial charge >= 0.3 is 6.09 Å². The van der Waals surface area contributed by atoms with Crippen LogP contribution in [0.4, 0.5) is 9.18 Å². The van der Waals surface area contributed by atoms with Gasteiger partial charge in [0, 0.05) is 30.4 Å². The summed E-state index contributed by atoms with van der Waals surface area (Å²) in [5, 5.41) is 4.58. The molecule has 0 saturated carbocycles. The molecule has 0 atom stereocenters. The van der Waals surface area contributed by atoms with Crippen LogP contribution in [-0.4, -0.2) is 39.5 Å². The third kappa shape index (κ3) is 5.52. The lowest BCUT2D eigenvalue weighted by Crippen LogP contribution is -2.42. The van der Waals surface area contributed by atoms with Crippen molar-refractivity contribution in [1.82, 2.24) is 14.7 Å². The molecule has 7 heteroatoms. The molecule has 1 aliphatic rings. The maximum absolute atomic E-state index is 14.2. The zero-order chi connectivity index (χ0) is 21.9. The largest absolute Gasteiger partial charge is 0.471 e. The quantitative estimate of drug-likeness (QED) is 0.684. The van der Waals surface area contributed by atoms with Gasteiger partial charge in [-0.15, -0.1) is 5.10 Å². The Kier molecular flexibility index (Phi) is 6.68. The van der Waals surface area contributed by atoms with Crippen molar-refractivity contribution in [2.75, 3.05) is 13.1 Å². The van der Waals surface area contributed by atoms with Gasteiger partial charge in [0.2, 0.25) is 5.88 Å². The SMILES string of the molecule is CCc1ccc(COc2nn(C3CCN(C(=O)OC(C)(C)C)CC3)cc2C)c(F)c1. The van der Waals surface area contributed by atoms with Gasteiger partial charge in [0.15, 0.2) is 0 Å². The summed E-state index contributed by atoms with van der Waals surface area (Å²) in [6, 6.07) is 5.45. The maximum Gasteiger partial charge on any atom is 0.410 e. The smallest absolute Gasteiger partial charge is 0.410 e. The minimum absolute atomic E-state index is 0.144. The van der Waals surface area contributed by atoms with E-state index >= 15 is 0 Å². The molecule has 2 aromatic rings. The Morgan fingerprint density at radius 1 is 1.27 bits per heavy atom. The molecule has 164 valence electrons. The fraction of sp³-hybridized carbons (Fsp3) is 0.565. The van der Waals surface area contributed by atoms with Crippen LogP contribution in [0, 0.1) is 12.7 Å². The number of likely N-dealkylation sites (tertiary alicyclic amines) is 1. The Balaban J connectivity index is 1.57. The monoisotopic (exact) mass is 417 g/mol. The van der Waals surface area contributed by atoms with Crippen LogP contribution in [0.3, 0.4) is 0 Å². The number of carbonyl (C=O) groups excluding carboxylic acids is 1. The van der Waals surface area contributed by atoms with Crippen LogP contribution in [0.2, 0.25) is 0 Å². The molecule has 1 aliphatic heterocycles. The predicted octanol–water partition coefficient (Wildman–Crippen LogP) is 5.04. The van der Waals surface area contributed by atoms with Crippen molar-refractivity contribution in [2.45, 2.75) is 72.1 Å². The number of hydrogen-bond acceptors (Lipinski definition) is 4. The molecule has 0 N–H and O–H groups in total. The van der Waals surface area contributed by atoms with Gasteiger partial charge in [-0.3, -0.25) is 4.68 Å². The molecular formula is C23H32FN3O3. The highest BCUT2D eigenvalue weighted by Crippen LogP contribution is 2.27. The van der Waals surface area contributed by atoms with Crippen LogP contribution in [0.5, 0.6) is 5.88 Å². The lowest BCUT2D eigenvalue weighted by Gasteiger charge is -2.33. The van der Waals surface area contributed by atoms with Gasteiger partial charge in [-0.2, -0.15) is 0 Å². The fourth-order valence-electron chi connectivity index (χ4n) is 3.51. The summed E-state index contributed by atoms with van der Waals surface area (Å²) in [6.45, 7) is 10.9. The lowest BCUT2D eigenvalue weighted by molar-refractivity contribution is 0.0184. The first-order chi connectivity index (χ1) is 14.2. The number of benzene rings is 1. The summed E-state index contributed by atoms with van der Waals surface area (Å²) >= 11 is 0. The molecule has 6 nitrogen and oxygen atoms in total. The summed E-state index contributed by atoms with van der Waals surface area (Å²) in [7, 11) is 0. The third-order valence-electron chi connectivity index (χ3n) is 5.25. The van der Waals surface area contributed by atoms with Gasteiger partial charge in [0.25, 0.3) is 0 Å². The number of hydrogen-bond donors (Lipinski definition) is 0. The number of aryl methyl sites for hydroxylation is 2. The number of carbonyl (C=O) groups is 1. The van der Waals surface area contributed by atoms with Gasteiger partial charge in [-0.1, -0.05) is 19.1 Å². The van der Waals surface area contributed by atoms with Crippen molar-refractivity contribution in [3.63, 3.8) is 0 Å². The standard InChI is InChI=1S/C23H32FN3O3/c1-6-17-7-8-18(20(24)13-17)15-29-21-16(2)14-27(25-21)19-9-11-26(12-10-19)22(28)30-23(3,4)5/h7-8,13-14,19H,6,9-12,15H2,1-5H3. The molecule has 1 fully saturated rings. The van der Waals surface area contributed by atoms with Gasteiger partial charge in [0.1, 0.15) is 18.0 Å². The number of nitrogens with zero attached hydrogens (tertiary/aromatic N) is 3. The van der Waals surface area contributed by atoms with Gasteiger partial charge in [0.05, 0.1) is 6.04 Å². The van der Waals surface area contributed by atoms with E-state index in [9.17, 15) is 9.18 Å². The first-order valence-corrected chi connectivity index (χ1v) is 10.6. The Morgan fingerprint density at radius 3 is 2.57 bits per heavy atom. The summed E-state index contributed by atoms with van der Waals surface area (Å²) in [6.07, 6.45) is 4.09. The van der Waals surface area contributed by atoms with E-state index in [2.05, 4.69) is 5.10 Å². The zero-order valence-corrected chi connectivity index (χ0v) is 18.6. The molecule has 0 radical (unpaired) electrons. The van der Waals surface area contributed by atoms with Crippen LogP contribution >= 0.6 is 0 Å². The maximum atomic E-state index is 14.2. The number of ether oxygens (including phenoxy) is 2. The Labute approximate surface area is 178 Å². The summed E-state index contributed by atoms with van der Waals surface area (Å²) in [5.74, 6) is 0.268. The van der Waals surface area contributed by atoms with Crippen LogP contribution in [0.25, 0.3) is 0 Å². The molecule has 2 heterocycles. The second-order valence-electron chi connectivity index (χ2n) is 8.86. The van der Waals surface area contributed by atoms with E-state index in [1.165, 1.54) is 0 Å². The second kappa shape index (κ2) is 9.06. The van der Waals surface area contributed by atoms with Crippen LogP contribution in [-0.2, 0) is 17.8 Å². The number of rotatable bonds is 5. The highest BCUT2D eigenvalue weighted by atomic mass is 19.1. The van der Waals surface area contributed by atoms with Crippen molar-refractivity contribution in [2.24, 2.45) is 0 Å². The molecule has 0 bridgehead atoms. The molecule has 0 unspecified atom stereocenters. The summed E-state index contributed by atoms with van der Waals surface area (Å²) < 4.78 is 27.4. The zero-order valence-electron chi connectivity index (χ0n) is 18.6. The van der Waals surface area contributed by atoms with Crippen LogP contribution in [0.1, 0.15) is 63.3 Å². The first-order valence-electron chi connectivity index (χ1n) is 10.6. The number of aromatic nitrogens is 2. The van der Waals surface area contributed by atoms with Gasteiger partial charge < -0.3 is 14.4 Å². The molecule has 1 saturated heterocycles. The van der Waals surface area contributed by atoms with Crippen molar-refractivity contribution < 1.29 is 18.7 Å². The van der Waals surface area contributed by atoms with E-state index in [1.54, 1.807) is 17.0 Å². The van der Waals surface area contributed by atoms with Gasteiger partial charge in [-0.05, 0) is 58.6 Å². The van der Waals surface area contributed by atoms with E-state index in [4.69, 9.17) is 9.47 Å². The third-order valence-corrected chi connectivity index (χ3v) is 5.25. The summed E-state index contributed by atoms with van der Waals surface area (Å²) in [5.41, 5.74) is 1.91. The molecule has 1 aromatic heterocycles. The molecule has 1 amide bonds. The summed E-state index contributed by atoms with van der Waals surface area (Å²) in [4.78, 5) is 14.0. The van der Waals surface area contributed by atoms with Crippen molar-refractivity contribution in [1.29, 1.82) is 0 Å². The van der Waals surface area contributed by atoms with E-state index in [0.29, 0.717) is 24.5 Å². The van der Waals surface area contributed by atoms with Crippen molar-refractivity contribution in [3.8, 4) is 5.88 Å². The van der Waals surface area contributed by atoms with E-state index in [-0.39, 0.29) is 24.6 Å². The minimum Gasteiger partial charge on any atom is -0.471 e. The normalized spacial score (nSPS) is 15.3. The molecule has 0 spiro atoms. The Hall–Kier alpha value is -2.57. The number of piperidine rings is 1. The Morgan fingerprint density at radius 2 is 1.97 bits per heavy atom. The van der Waals surface area contributed by atoms with Crippen molar-refractivity contribution >= 4 is 6.09 Å². The van der Waals surface area contributed by atoms with Crippen LogP contribution in [0.15, 0.2) is 24.4 Å². The van der Waals surface area contributed by atoms with E-state index in [1.807, 2.05) is 51.6 Å². The number of halogens is 1. The topological polar surface area (TPSA) is 56.6 Å². The predicted molar refractivity (Wildman–Crippen MR) is 113 cm³/mol. The average Bonchev–Trinajstić information content (AvgIpc) is 3.06. The molecule has 30 heavy (non-hydrogen) atoms. The molecule has 0 aliphatic carbocycles. The van der Waals surface area contributed by atoms with E-state index < -0.39 is 5.60 Å². The van der Waals surface area contributed by atoms with Crippen molar-refractivity contribution in [3.05, 3.63) is 46.9 Å². The first kappa shape index (κ1) is 22.1. The second-order valence-corrected chi connectivity index (χ2v) is 8.86. The lowest BCUT2D eigenvalue weighted by atomic mass is 10.1. The molecule has 1 aromatic carbocycles. The van der Waals surface area contributed by atoms with Gasteiger partial charge in [-0.25, -0.2) is 9.18 Å². The minimum atomic E-state index is -0.490. The van der Waals surface area contributed by atoms with Crippen LogP contribution < -0.4 is 4.74 Å². The Bertz CT molecular complexity index is 880.